The van der Waals surface area contributed by atoms with E-state index in [-0.39, 0.29) is 32.1 Å². The van der Waals surface area contributed by atoms with Crippen LogP contribution in [0.4, 0.5) is 0 Å². The highest BCUT2D eigenvalue weighted by Gasteiger charge is 2.26. The summed E-state index contributed by atoms with van der Waals surface area (Å²) in [6.45, 7) is 3.44. The Morgan fingerprint density at radius 3 is 2.00 bits per heavy atom. The van der Waals surface area contributed by atoms with Crippen LogP contribution in [-0.2, 0) is 41.9 Å². The Hall–Kier alpha value is -0.540. The molecule has 0 aliphatic carbocycles. The number of hydrogen-bond donors (Lipinski definition) is 0. The largest absolute Gasteiger partial charge is 0.474 e. The van der Waals surface area contributed by atoms with Gasteiger partial charge in [0, 0.05) is 27.2 Å². The second-order valence-electron chi connectivity index (χ2n) is 9.94. The molecule has 1 aliphatic rings. The molecule has 0 saturated carbocycles. The number of carbonyl (C=O) groups excluding carboxylic acids is 1. The number of hydrogen-bond acceptors (Lipinski definition) is 9. The third-order valence-electron chi connectivity index (χ3n) is 6.66. The Morgan fingerprint density at radius 1 is 0.842 bits per heavy atom. The summed E-state index contributed by atoms with van der Waals surface area (Å²) in [5.41, 5.74) is 0. The first-order chi connectivity index (χ1) is 18.5. The van der Waals surface area contributed by atoms with Crippen molar-refractivity contribution >= 4 is 13.8 Å². The Morgan fingerprint density at radius 2 is 1.45 bits per heavy atom. The van der Waals surface area contributed by atoms with E-state index >= 15 is 0 Å². The van der Waals surface area contributed by atoms with Crippen LogP contribution >= 0.6 is 7.82 Å². The maximum absolute atomic E-state index is 12.2. The minimum Gasteiger partial charge on any atom is -0.463 e. The Bertz CT molecular complexity index is 591. The molecule has 10 heteroatoms. The van der Waals surface area contributed by atoms with Gasteiger partial charge in [0.1, 0.15) is 12.7 Å². The van der Waals surface area contributed by atoms with E-state index < -0.39 is 13.9 Å². The molecule has 0 aromatic heterocycles. The molecule has 1 rings (SSSR count). The van der Waals surface area contributed by atoms with Crippen molar-refractivity contribution in [1.82, 2.24) is 0 Å². The van der Waals surface area contributed by atoms with Gasteiger partial charge in [-0.1, -0.05) is 84.0 Å². The predicted octanol–water partition coefficient (Wildman–Crippen LogP) is 7.36. The summed E-state index contributed by atoms with van der Waals surface area (Å²) < 4.78 is 49.5. The number of ether oxygens (including phenoxy) is 4. The molecular weight excluding hydrogens is 511 g/mol. The normalized spacial score (nSPS) is 17.0. The smallest absolute Gasteiger partial charge is 0.463 e. The van der Waals surface area contributed by atoms with Crippen molar-refractivity contribution in [1.29, 1.82) is 0 Å². The lowest BCUT2D eigenvalue weighted by Crippen LogP contribution is -2.30. The highest BCUT2D eigenvalue weighted by molar-refractivity contribution is 7.48. The summed E-state index contributed by atoms with van der Waals surface area (Å²) in [5, 5.41) is 0. The van der Waals surface area contributed by atoms with Gasteiger partial charge in [-0.2, -0.15) is 0 Å². The van der Waals surface area contributed by atoms with E-state index in [1.165, 1.54) is 78.4 Å². The van der Waals surface area contributed by atoms with Crippen LogP contribution in [0.25, 0.3) is 0 Å². The van der Waals surface area contributed by atoms with Gasteiger partial charge < -0.3 is 18.9 Å². The third-order valence-corrected chi connectivity index (χ3v) is 8.02. The third kappa shape index (κ3) is 19.5. The van der Waals surface area contributed by atoms with Crippen molar-refractivity contribution in [2.45, 2.75) is 128 Å². The average Bonchev–Trinajstić information content (AvgIpc) is 2.94. The van der Waals surface area contributed by atoms with Crippen LogP contribution in [0.15, 0.2) is 0 Å². The van der Waals surface area contributed by atoms with Crippen LogP contribution in [0.3, 0.4) is 0 Å². The highest BCUT2D eigenvalue weighted by Crippen LogP contribution is 2.47. The maximum Gasteiger partial charge on any atom is 0.474 e. The molecule has 1 heterocycles. The van der Waals surface area contributed by atoms with Crippen molar-refractivity contribution in [3.63, 3.8) is 0 Å². The standard InChI is InChI=1S/C28H55O9P/c1-4-5-6-7-8-9-10-11-12-13-14-15-16-19-27(29)36-24-26(25-37-38(30,31-2)32-3)33-22-23-35-28-20-17-18-21-34-28/h26,28H,4-25H2,1-3H3/t26-,28?/m0/s1. The molecule has 0 spiro atoms. The van der Waals surface area contributed by atoms with Gasteiger partial charge in [-0.25, -0.2) is 4.57 Å². The molecule has 1 fully saturated rings. The highest BCUT2D eigenvalue weighted by atomic mass is 31.2. The fourth-order valence-corrected chi connectivity index (χ4v) is 4.99. The average molecular weight is 567 g/mol. The number of carbonyl (C=O) groups is 1. The number of esters is 1. The van der Waals surface area contributed by atoms with Gasteiger partial charge in [0.15, 0.2) is 6.29 Å². The van der Waals surface area contributed by atoms with Crippen LogP contribution in [-0.4, -0.2) is 65.6 Å². The van der Waals surface area contributed by atoms with Crippen LogP contribution < -0.4 is 0 Å². The molecule has 9 nitrogen and oxygen atoms in total. The van der Waals surface area contributed by atoms with Crippen LogP contribution in [0.5, 0.6) is 0 Å². The van der Waals surface area contributed by atoms with Gasteiger partial charge in [-0.05, 0) is 25.7 Å². The minimum atomic E-state index is -3.66. The Balaban J connectivity index is 2.15. The van der Waals surface area contributed by atoms with Crippen molar-refractivity contribution in [2.24, 2.45) is 0 Å². The fraction of sp³-hybridized carbons (Fsp3) is 0.964. The van der Waals surface area contributed by atoms with Gasteiger partial charge in [0.2, 0.25) is 0 Å². The van der Waals surface area contributed by atoms with Crippen LogP contribution in [0.2, 0.25) is 0 Å². The van der Waals surface area contributed by atoms with Gasteiger partial charge >= 0.3 is 13.8 Å². The van der Waals surface area contributed by atoms with E-state index in [0.29, 0.717) is 19.6 Å². The topological polar surface area (TPSA) is 98.8 Å². The van der Waals surface area contributed by atoms with Crippen molar-refractivity contribution in [3.8, 4) is 0 Å². The summed E-state index contributed by atoms with van der Waals surface area (Å²) >= 11 is 0. The molecule has 0 N–H and O–H groups in total. The van der Waals surface area contributed by atoms with Crippen LogP contribution in [0, 0.1) is 0 Å². The summed E-state index contributed by atoms with van der Waals surface area (Å²) in [5.74, 6) is -0.268. The molecule has 1 unspecified atom stereocenters. The zero-order chi connectivity index (χ0) is 27.7. The van der Waals surface area contributed by atoms with Gasteiger partial charge in [0.25, 0.3) is 0 Å². The summed E-state index contributed by atoms with van der Waals surface area (Å²) in [6, 6.07) is 0. The van der Waals surface area contributed by atoms with E-state index in [9.17, 15) is 9.36 Å². The Labute approximate surface area is 231 Å². The molecule has 38 heavy (non-hydrogen) atoms. The number of phosphoric ester groups is 1. The first-order valence-corrected chi connectivity index (χ1v) is 16.4. The quantitative estimate of drug-likeness (QED) is 0.0604. The summed E-state index contributed by atoms with van der Waals surface area (Å²) in [4.78, 5) is 12.2. The van der Waals surface area contributed by atoms with E-state index in [2.05, 4.69) is 6.92 Å². The van der Waals surface area contributed by atoms with Crippen molar-refractivity contribution < 1.29 is 41.9 Å². The fourth-order valence-electron chi connectivity index (χ4n) is 4.28. The van der Waals surface area contributed by atoms with Crippen molar-refractivity contribution in [2.75, 3.05) is 47.3 Å². The predicted molar refractivity (Wildman–Crippen MR) is 148 cm³/mol. The molecule has 0 amide bonds. The van der Waals surface area contributed by atoms with Gasteiger partial charge in [-0.3, -0.25) is 18.4 Å². The van der Waals surface area contributed by atoms with Crippen LogP contribution in [0.1, 0.15) is 116 Å². The van der Waals surface area contributed by atoms with E-state index in [1.807, 2.05) is 0 Å². The lowest BCUT2D eigenvalue weighted by molar-refractivity contribution is -0.174. The zero-order valence-electron chi connectivity index (χ0n) is 24.3. The SMILES string of the molecule is CCCCCCCCCCCCCCCC(=O)OC[C@@H](COP(=O)(OC)OC)OCCOC1CCCCO1. The second kappa shape index (κ2) is 24.3. The van der Waals surface area contributed by atoms with E-state index in [4.69, 9.17) is 32.5 Å². The van der Waals surface area contributed by atoms with E-state index in [1.54, 1.807) is 0 Å². The zero-order valence-corrected chi connectivity index (χ0v) is 25.2. The molecule has 226 valence electrons. The molecule has 0 aromatic carbocycles. The number of rotatable bonds is 26. The Kier molecular flexibility index (Phi) is 22.7. The molecule has 1 aliphatic heterocycles. The van der Waals surface area contributed by atoms with Crippen molar-refractivity contribution in [3.05, 3.63) is 0 Å². The first kappa shape index (κ1) is 35.5. The number of phosphoric acid groups is 1. The molecule has 1 saturated heterocycles. The molecule has 0 bridgehead atoms. The first-order valence-electron chi connectivity index (χ1n) is 14.9. The summed E-state index contributed by atoms with van der Waals surface area (Å²) in [7, 11) is -1.17. The molecule has 0 aromatic rings. The number of unbranched alkanes of at least 4 members (excludes halogenated alkanes) is 12. The van der Waals surface area contributed by atoms with Gasteiger partial charge in [0.05, 0.1) is 19.8 Å². The second-order valence-corrected chi connectivity index (χ2v) is 11.8. The lowest BCUT2D eigenvalue weighted by atomic mass is 10.0. The van der Waals surface area contributed by atoms with Gasteiger partial charge in [-0.15, -0.1) is 0 Å². The maximum atomic E-state index is 12.2. The summed E-state index contributed by atoms with van der Waals surface area (Å²) in [6.07, 6.45) is 18.9. The molecular formula is C28H55O9P. The molecule has 0 radical (unpaired) electrons. The minimum absolute atomic E-state index is 0.00929. The van der Waals surface area contributed by atoms with E-state index in [0.717, 1.165) is 38.5 Å². The lowest BCUT2D eigenvalue weighted by Gasteiger charge is -2.24. The monoisotopic (exact) mass is 566 g/mol. The molecule has 2 atom stereocenters.